The van der Waals surface area contributed by atoms with Crippen LogP contribution >= 0.6 is 35.3 Å². The smallest absolute Gasteiger partial charge is 0.108 e. The summed E-state index contributed by atoms with van der Waals surface area (Å²) >= 11 is 4.75. The number of hydrogen-bond donors (Lipinski definition) is 0. The van der Waals surface area contributed by atoms with E-state index in [-0.39, 0.29) is 19.5 Å². The number of aromatic nitrogens is 3. The van der Waals surface area contributed by atoms with Crippen LogP contribution in [0.1, 0.15) is 6.42 Å². The van der Waals surface area contributed by atoms with Crippen LogP contribution in [0.4, 0.5) is 0 Å². The Balaban J connectivity index is 0.000000140. The van der Waals surface area contributed by atoms with Crippen LogP contribution in [0.3, 0.4) is 0 Å². The van der Waals surface area contributed by atoms with Crippen LogP contribution in [0.25, 0.3) is 0 Å². The van der Waals surface area contributed by atoms with E-state index in [1.54, 1.807) is 35.3 Å². The van der Waals surface area contributed by atoms with Gasteiger partial charge in [0.1, 0.15) is 36.3 Å². The van der Waals surface area contributed by atoms with Gasteiger partial charge in [0.2, 0.25) is 0 Å². The van der Waals surface area contributed by atoms with Gasteiger partial charge in [-0.1, -0.05) is 199 Å². The van der Waals surface area contributed by atoms with Crippen molar-refractivity contribution in [2.24, 2.45) is 11.8 Å². The molecule has 4 heterocycles. The molecule has 3 nitrogen and oxygen atoms in total. The third kappa shape index (κ3) is 8.91. The monoisotopic (exact) mass is 841 g/mol. The summed E-state index contributed by atoms with van der Waals surface area (Å²) in [4.78, 5) is 14.0. The SMILES string of the molecule is C1=CC2C=CC1C2.[Rh].c1cc2nc(c1)Sc1cccc(n1)Sc1cccc(n1)S2.c1ccc([B-](c2ccccc2)(c2ccccc2)c2ccccc2)cc1. The Labute approximate surface area is 344 Å². The van der Waals surface area contributed by atoms with Crippen molar-refractivity contribution < 1.29 is 19.5 Å². The largest absolute Gasteiger partial charge is 0.234 e. The normalized spacial score (nSPS) is 15.9. The van der Waals surface area contributed by atoms with Crippen molar-refractivity contribution in [1.82, 2.24) is 15.0 Å². The summed E-state index contributed by atoms with van der Waals surface area (Å²) < 4.78 is 0. The summed E-state index contributed by atoms with van der Waals surface area (Å²) in [5.41, 5.74) is 5.36. The molecule has 8 bridgehead atoms. The first-order valence-electron chi connectivity index (χ1n) is 17.9. The van der Waals surface area contributed by atoms with Crippen LogP contribution in [0.15, 0.2) is 230 Å². The Hall–Kier alpha value is -4.45. The van der Waals surface area contributed by atoms with Gasteiger partial charge in [0, 0.05) is 19.5 Å². The van der Waals surface area contributed by atoms with Crippen LogP contribution in [-0.2, 0) is 19.5 Å². The number of hydrogen-bond acceptors (Lipinski definition) is 6. The summed E-state index contributed by atoms with van der Waals surface area (Å²) in [6, 6.07) is 61.6. The Kier molecular flexibility index (Phi) is 12.8. The van der Waals surface area contributed by atoms with Gasteiger partial charge in [-0.25, -0.2) is 15.0 Å². The third-order valence-electron chi connectivity index (χ3n) is 9.68. The first-order chi connectivity index (χ1) is 26.2. The van der Waals surface area contributed by atoms with Gasteiger partial charge in [-0.05, 0) is 54.7 Å². The molecular formula is C46H37BN3RhS3-. The fourth-order valence-electron chi connectivity index (χ4n) is 7.30. The van der Waals surface area contributed by atoms with Gasteiger partial charge in [0.05, 0.1) is 0 Å². The molecule has 54 heavy (non-hydrogen) atoms. The minimum atomic E-state index is -1.22. The number of allylic oxidation sites excluding steroid dienone is 4. The summed E-state index contributed by atoms with van der Waals surface area (Å²) in [6.45, 7) is 0. The third-order valence-corrected chi connectivity index (χ3v) is 12.3. The first-order valence-corrected chi connectivity index (χ1v) is 20.4. The van der Waals surface area contributed by atoms with Crippen molar-refractivity contribution in [3.05, 3.63) is 200 Å². The summed E-state index contributed by atoms with van der Waals surface area (Å²) in [7, 11) is 0. The van der Waals surface area contributed by atoms with E-state index in [0.29, 0.717) is 0 Å². The molecule has 7 aromatic rings. The molecule has 1 aliphatic heterocycles. The molecular weight excluding hydrogens is 804 g/mol. The number of nitrogens with zero attached hydrogens (tertiary/aromatic N) is 3. The molecule has 267 valence electrons. The molecule has 0 fully saturated rings. The molecule has 0 unspecified atom stereocenters. The fraction of sp³-hybridized carbons (Fsp3) is 0.0652. The number of benzene rings is 4. The van der Waals surface area contributed by atoms with Crippen molar-refractivity contribution in [2.45, 2.75) is 36.6 Å². The summed E-state index contributed by atoms with van der Waals surface area (Å²) in [5, 5.41) is 5.70. The Morgan fingerprint density at radius 1 is 0.333 bits per heavy atom. The zero-order valence-corrected chi connectivity index (χ0v) is 33.5. The van der Waals surface area contributed by atoms with Crippen molar-refractivity contribution >= 4 is 63.3 Å². The van der Waals surface area contributed by atoms with Crippen LogP contribution < -0.4 is 21.9 Å². The predicted octanol–water partition coefficient (Wildman–Crippen LogP) is 9.45. The number of rotatable bonds is 4. The van der Waals surface area contributed by atoms with Gasteiger partial charge >= 0.3 is 0 Å². The van der Waals surface area contributed by atoms with Crippen LogP contribution in [0.5, 0.6) is 0 Å². The van der Waals surface area contributed by atoms with Crippen molar-refractivity contribution in [1.29, 1.82) is 0 Å². The van der Waals surface area contributed by atoms with E-state index in [9.17, 15) is 0 Å². The molecule has 0 saturated heterocycles. The zero-order valence-electron chi connectivity index (χ0n) is 29.4. The number of pyridine rings is 3. The second-order valence-electron chi connectivity index (χ2n) is 13.1. The van der Waals surface area contributed by atoms with Gasteiger partial charge in [0.15, 0.2) is 0 Å². The van der Waals surface area contributed by atoms with Gasteiger partial charge in [0.25, 0.3) is 0 Å². The Morgan fingerprint density at radius 2 is 0.574 bits per heavy atom. The molecule has 3 aliphatic rings. The zero-order chi connectivity index (χ0) is 35.7. The van der Waals surface area contributed by atoms with Crippen molar-refractivity contribution in [3.63, 3.8) is 0 Å². The quantitative estimate of drug-likeness (QED) is 0.130. The minimum Gasteiger partial charge on any atom is -0.234 e. The Bertz CT molecular complexity index is 1980. The van der Waals surface area contributed by atoms with E-state index < -0.39 is 6.15 Å². The van der Waals surface area contributed by atoms with E-state index in [0.717, 1.165) is 42.0 Å². The maximum absolute atomic E-state index is 4.65. The molecule has 0 amide bonds. The first kappa shape index (κ1) is 37.8. The predicted molar refractivity (Wildman–Crippen MR) is 225 cm³/mol. The van der Waals surface area contributed by atoms with Crippen molar-refractivity contribution in [3.8, 4) is 0 Å². The molecule has 0 saturated carbocycles. The second kappa shape index (κ2) is 18.3. The molecule has 0 N–H and O–H groups in total. The van der Waals surface area contributed by atoms with Gasteiger partial charge < -0.3 is 0 Å². The van der Waals surface area contributed by atoms with E-state index in [4.69, 9.17) is 0 Å². The standard InChI is InChI=1S/C24H20B.C15H9N3S3.C7H8.Rh/c1-5-13-21(14-6-1)25(22-15-7-2-8-16-22,23-17-9-3-10-18-23)24-19-11-4-12-20-24;1-4-10-16-11(5-1)20-13-7-3-9-15(18-13)21-14-8-2-6-12(17-14)19-10;1-2-7-4-3-6(1)5-7;/h1-20H;1-9H;1-4,6-7H,5H2;/q-1;;;. The molecule has 8 heteroatoms. The van der Waals surface area contributed by atoms with E-state index in [2.05, 4.69) is 161 Å². The second-order valence-corrected chi connectivity index (χ2v) is 16.2. The fourth-order valence-corrected chi connectivity index (χ4v) is 9.86. The van der Waals surface area contributed by atoms with Crippen LogP contribution in [-0.4, -0.2) is 21.1 Å². The molecule has 1 radical (unpaired) electrons. The number of fused-ring (bicyclic) bond motifs is 8. The Morgan fingerprint density at radius 3 is 0.778 bits per heavy atom. The average Bonchev–Trinajstić information content (AvgIpc) is 3.88. The minimum absolute atomic E-state index is 0. The van der Waals surface area contributed by atoms with E-state index in [1.165, 1.54) is 28.3 Å². The van der Waals surface area contributed by atoms with Crippen molar-refractivity contribution in [2.75, 3.05) is 0 Å². The molecule has 2 aliphatic carbocycles. The van der Waals surface area contributed by atoms with Gasteiger partial charge in [-0.2, -0.15) is 21.9 Å². The average molecular weight is 842 g/mol. The van der Waals surface area contributed by atoms with Gasteiger partial charge in [-0.3, -0.25) is 0 Å². The molecule has 0 spiro atoms. The summed E-state index contributed by atoms with van der Waals surface area (Å²) in [5.74, 6) is 1.62. The van der Waals surface area contributed by atoms with E-state index in [1.807, 2.05) is 54.6 Å². The summed E-state index contributed by atoms with van der Waals surface area (Å²) in [6.07, 6.45) is 9.33. The van der Waals surface area contributed by atoms with Crippen LogP contribution in [0.2, 0.25) is 0 Å². The maximum atomic E-state index is 4.65. The van der Waals surface area contributed by atoms with E-state index >= 15 is 0 Å². The molecule has 10 rings (SSSR count). The molecule has 3 aromatic heterocycles. The molecule has 0 atom stereocenters. The molecule has 4 aromatic carbocycles. The van der Waals surface area contributed by atoms with Gasteiger partial charge in [-0.15, -0.1) is 0 Å². The topological polar surface area (TPSA) is 38.7 Å². The van der Waals surface area contributed by atoms with Crippen LogP contribution in [0, 0.1) is 11.8 Å². The maximum Gasteiger partial charge on any atom is 0.108 e.